The highest BCUT2D eigenvalue weighted by atomic mass is 35.5. The van der Waals surface area contributed by atoms with Crippen molar-refractivity contribution in [1.29, 1.82) is 0 Å². The molecule has 3 aromatic rings. The summed E-state index contributed by atoms with van der Waals surface area (Å²) in [5.41, 5.74) is 0.614. The lowest BCUT2D eigenvalue weighted by atomic mass is 10.1. The summed E-state index contributed by atoms with van der Waals surface area (Å²) in [5, 5.41) is 3.40. The Labute approximate surface area is 230 Å². The van der Waals surface area contributed by atoms with E-state index in [-0.39, 0.29) is 17.3 Å². The molecule has 0 aromatic heterocycles. The van der Waals surface area contributed by atoms with Crippen molar-refractivity contribution in [3.63, 3.8) is 0 Å². The molecule has 0 heterocycles. The molecule has 0 aliphatic carbocycles. The van der Waals surface area contributed by atoms with E-state index in [1.165, 1.54) is 17.0 Å². The molecule has 3 rings (SSSR count). The molecule has 0 unspecified atom stereocenters. The molecule has 0 aliphatic heterocycles. The average molecular weight is 556 g/mol. The van der Waals surface area contributed by atoms with Crippen LogP contribution in [0.15, 0.2) is 89.8 Å². The van der Waals surface area contributed by atoms with Crippen LogP contribution in [0.2, 0.25) is 5.02 Å². The number of amides is 2. The summed E-state index contributed by atoms with van der Waals surface area (Å²) in [4.78, 5) is 28.8. The largest absolute Gasteiger partial charge is 0.350 e. The highest BCUT2D eigenvalue weighted by molar-refractivity contribution is 7.92. The Morgan fingerprint density at radius 2 is 1.45 bits per heavy atom. The number of halogens is 1. The van der Waals surface area contributed by atoms with E-state index in [0.717, 1.165) is 9.87 Å². The number of nitrogens with one attached hydrogen (secondary N) is 1. The van der Waals surface area contributed by atoms with Gasteiger partial charge in [0.15, 0.2) is 0 Å². The van der Waals surface area contributed by atoms with E-state index >= 15 is 0 Å². The normalized spacial score (nSPS) is 12.4. The number of carbonyl (C=O) groups excluding carboxylic acids is 2. The molecular formula is C29H34ClN3O4S. The molecule has 3 aromatic carbocycles. The quantitative estimate of drug-likeness (QED) is 0.370. The van der Waals surface area contributed by atoms with Crippen molar-refractivity contribution >= 4 is 39.1 Å². The third kappa shape index (κ3) is 7.58. The van der Waals surface area contributed by atoms with Crippen LogP contribution in [0.1, 0.15) is 39.7 Å². The molecule has 0 saturated carbocycles. The first-order valence-electron chi connectivity index (χ1n) is 12.4. The third-order valence-corrected chi connectivity index (χ3v) is 7.84. The Hall–Kier alpha value is -3.36. The van der Waals surface area contributed by atoms with Gasteiger partial charge in [0.25, 0.3) is 10.0 Å². The van der Waals surface area contributed by atoms with Crippen LogP contribution in [-0.4, -0.2) is 43.3 Å². The second-order valence-corrected chi connectivity index (χ2v) is 12.3. The summed E-state index contributed by atoms with van der Waals surface area (Å²) in [7, 11) is -4.11. The van der Waals surface area contributed by atoms with E-state index in [9.17, 15) is 18.0 Å². The predicted molar refractivity (Wildman–Crippen MR) is 151 cm³/mol. The lowest BCUT2D eigenvalue weighted by Gasteiger charge is -2.34. The summed E-state index contributed by atoms with van der Waals surface area (Å²) in [6.07, 6.45) is 0.354. The zero-order chi connectivity index (χ0) is 27.9. The maximum atomic E-state index is 14.0. The molecule has 0 bridgehead atoms. The molecule has 2 amide bonds. The minimum absolute atomic E-state index is 0.0508. The van der Waals surface area contributed by atoms with Gasteiger partial charge in [-0.1, -0.05) is 67.1 Å². The van der Waals surface area contributed by atoms with Gasteiger partial charge < -0.3 is 10.2 Å². The third-order valence-electron chi connectivity index (χ3n) is 5.80. The SMILES string of the molecule is CC[C@@H](C(=O)NC(C)(C)C)N(Cc1ccccc1)C(=O)CN(c1ccc(Cl)cc1)S(=O)(=O)c1ccccc1. The fourth-order valence-corrected chi connectivity index (χ4v) is 5.57. The van der Waals surface area contributed by atoms with Gasteiger partial charge in [-0.2, -0.15) is 0 Å². The van der Waals surface area contributed by atoms with Crippen LogP contribution >= 0.6 is 11.6 Å². The van der Waals surface area contributed by atoms with Crippen LogP contribution in [0.5, 0.6) is 0 Å². The van der Waals surface area contributed by atoms with E-state index < -0.39 is 34.1 Å². The average Bonchev–Trinajstić information content (AvgIpc) is 2.87. The van der Waals surface area contributed by atoms with Crippen LogP contribution in [-0.2, 0) is 26.2 Å². The van der Waals surface area contributed by atoms with Crippen molar-refractivity contribution in [2.24, 2.45) is 0 Å². The summed E-state index contributed by atoms with van der Waals surface area (Å²) in [6.45, 7) is 7.09. The number of rotatable bonds is 10. The van der Waals surface area contributed by atoms with Crippen LogP contribution in [0.4, 0.5) is 5.69 Å². The molecule has 202 valence electrons. The minimum Gasteiger partial charge on any atom is -0.350 e. The van der Waals surface area contributed by atoms with E-state index in [1.807, 2.05) is 58.0 Å². The van der Waals surface area contributed by atoms with Gasteiger partial charge in [-0.05, 0) is 69.2 Å². The van der Waals surface area contributed by atoms with Crippen LogP contribution in [0.3, 0.4) is 0 Å². The van der Waals surface area contributed by atoms with E-state index in [0.29, 0.717) is 17.1 Å². The number of carbonyl (C=O) groups is 2. The summed E-state index contributed by atoms with van der Waals surface area (Å²) >= 11 is 6.05. The van der Waals surface area contributed by atoms with Crippen LogP contribution < -0.4 is 9.62 Å². The van der Waals surface area contributed by atoms with Crippen molar-refractivity contribution in [3.8, 4) is 0 Å². The van der Waals surface area contributed by atoms with Gasteiger partial charge in [0, 0.05) is 17.1 Å². The Morgan fingerprint density at radius 1 is 0.895 bits per heavy atom. The Bertz CT molecular complexity index is 1330. The topological polar surface area (TPSA) is 86.8 Å². The molecule has 0 spiro atoms. The standard InChI is InChI=1S/C29H34ClN3O4S/c1-5-26(28(35)31-29(2,3)4)32(20-22-12-8-6-9-13-22)27(34)21-33(24-18-16-23(30)17-19-24)38(36,37)25-14-10-7-11-15-25/h6-19,26H,5,20-21H2,1-4H3,(H,31,35)/t26-/m0/s1. The number of sulfonamides is 1. The zero-order valence-electron chi connectivity index (χ0n) is 22.1. The van der Waals surface area contributed by atoms with E-state index in [4.69, 9.17) is 11.6 Å². The zero-order valence-corrected chi connectivity index (χ0v) is 23.7. The molecule has 38 heavy (non-hydrogen) atoms. The predicted octanol–water partition coefficient (Wildman–Crippen LogP) is 5.26. The second kappa shape index (κ2) is 12.5. The maximum absolute atomic E-state index is 14.0. The molecular weight excluding hydrogens is 522 g/mol. The van der Waals surface area contributed by atoms with Gasteiger partial charge in [0.2, 0.25) is 11.8 Å². The van der Waals surface area contributed by atoms with Gasteiger partial charge in [-0.3, -0.25) is 13.9 Å². The first-order chi connectivity index (χ1) is 17.9. The minimum atomic E-state index is -4.11. The van der Waals surface area contributed by atoms with Crippen LogP contribution in [0, 0.1) is 0 Å². The lowest BCUT2D eigenvalue weighted by Crippen LogP contribution is -2.55. The van der Waals surface area contributed by atoms with Crippen molar-refractivity contribution in [3.05, 3.63) is 95.5 Å². The number of hydrogen-bond acceptors (Lipinski definition) is 4. The number of hydrogen-bond donors (Lipinski definition) is 1. The molecule has 0 aliphatic rings. The van der Waals surface area contributed by atoms with Crippen molar-refractivity contribution in [2.75, 3.05) is 10.8 Å². The van der Waals surface area contributed by atoms with E-state index in [1.54, 1.807) is 42.5 Å². The first kappa shape index (κ1) is 29.2. The monoisotopic (exact) mass is 555 g/mol. The van der Waals surface area contributed by atoms with Crippen LogP contribution in [0.25, 0.3) is 0 Å². The summed E-state index contributed by atoms with van der Waals surface area (Å²) in [6, 6.07) is 22.7. The van der Waals surface area contributed by atoms with Crippen molar-refractivity contribution in [2.45, 2.75) is 57.1 Å². The lowest BCUT2D eigenvalue weighted by molar-refractivity contribution is -0.141. The Kier molecular flexibility index (Phi) is 9.57. The van der Waals surface area contributed by atoms with Gasteiger partial charge in [0.05, 0.1) is 10.6 Å². The smallest absolute Gasteiger partial charge is 0.264 e. The molecule has 9 heteroatoms. The summed E-state index contributed by atoms with van der Waals surface area (Å²) < 4.78 is 28.5. The first-order valence-corrected chi connectivity index (χ1v) is 14.2. The number of anilines is 1. The van der Waals surface area contributed by atoms with Gasteiger partial charge >= 0.3 is 0 Å². The fourth-order valence-electron chi connectivity index (χ4n) is 4.01. The molecule has 1 atom stereocenters. The van der Waals surface area contributed by atoms with Gasteiger partial charge in [-0.15, -0.1) is 0 Å². The van der Waals surface area contributed by atoms with E-state index in [2.05, 4.69) is 5.32 Å². The Morgan fingerprint density at radius 3 is 1.97 bits per heavy atom. The fraction of sp³-hybridized carbons (Fsp3) is 0.310. The summed E-state index contributed by atoms with van der Waals surface area (Å²) in [5.74, 6) is -0.799. The van der Waals surface area contributed by atoms with Crippen molar-refractivity contribution in [1.82, 2.24) is 10.2 Å². The Balaban J connectivity index is 2.04. The highest BCUT2D eigenvalue weighted by Gasteiger charge is 2.34. The van der Waals surface area contributed by atoms with Gasteiger partial charge in [0.1, 0.15) is 12.6 Å². The number of benzene rings is 3. The molecule has 0 saturated heterocycles. The molecule has 1 N–H and O–H groups in total. The highest BCUT2D eigenvalue weighted by Crippen LogP contribution is 2.26. The molecule has 0 fully saturated rings. The number of nitrogens with zero attached hydrogens (tertiary/aromatic N) is 2. The maximum Gasteiger partial charge on any atom is 0.264 e. The molecule has 7 nitrogen and oxygen atoms in total. The second-order valence-electron chi connectivity index (χ2n) is 9.97. The van der Waals surface area contributed by atoms with Crippen molar-refractivity contribution < 1.29 is 18.0 Å². The van der Waals surface area contributed by atoms with Gasteiger partial charge in [-0.25, -0.2) is 8.42 Å². The molecule has 0 radical (unpaired) electrons.